The molecule has 106 valence electrons. The number of halogens is 4. The number of amides is 1. The summed E-state index contributed by atoms with van der Waals surface area (Å²) in [6.45, 7) is 1.65. The number of aromatic nitrogens is 1. The number of hydrogen-bond donors (Lipinski definition) is 0. The first kappa shape index (κ1) is 13.8. The monoisotopic (exact) mass is 280 g/mol. The van der Waals surface area contributed by atoms with Crippen LogP contribution in [0, 0.1) is 6.92 Å². The predicted octanol–water partition coefficient (Wildman–Crippen LogP) is 2.55. The molecule has 0 aromatic carbocycles. The van der Waals surface area contributed by atoms with Gasteiger partial charge in [0.05, 0.1) is 11.7 Å². The summed E-state index contributed by atoms with van der Waals surface area (Å²) >= 11 is 0. The highest BCUT2D eigenvalue weighted by Crippen LogP contribution is 2.36. The molecule has 0 bridgehead atoms. The van der Waals surface area contributed by atoms with Crippen LogP contribution in [0.1, 0.15) is 30.3 Å². The molecule has 8 heteroatoms. The van der Waals surface area contributed by atoms with E-state index in [1.807, 2.05) is 0 Å². The SMILES string of the molecule is Cc1cc(C2CCCN2C(=O)C(F)(F)C(F)F)on1. The smallest absolute Gasteiger partial charge is 0.359 e. The van der Waals surface area contributed by atoms with Crippen LogP contribution in [0.15, 0.2) is 10.6 Å². The molecule has 2 rings (SSSR count). The second-order valence-corrected chi connectivity index (χ2v) is 4.45. The van der Waals surface area contributed by atoms with E-state index in [1.165, 1.54) is 6.07 Å². The number of hydrogen-bond acceptors (Lipinski definition) is 3. The fourth-order valence-electron chi connectivity index (χ4n) is 2.13. The lowest BCUT2D eigenvalue weighted by molar-refractivity contribution is -0.181. The van der Waals surface area contributed by atoms with Crippen molar-refractivity contribution in [2.45, 2.75) is 38.2 Å². The number of carbonyl (C=O) groups excluding carboxylic acids is 1. The topological polar surface area (TPSA) is 46.3 Å². The molecule has 19 heavy (non-hydrogen) atoms. The molecule has 0 spiro atoms. The summed E-state index contributed by atoms with van der Waals surface area (Å²) in [6.07, 6.45) is -3.17. The van der Waals surface area contributed by atoms with Crippen LogP contribution < -0.4 is 0 Å². The zero-order valence-electron chi connectivity index (χ0n) is 10.1. The molecule has 0 radical (unpaired) electrons. The average Bonchev–Trinajstić information content (AvgIpc) is 2.95. The number of rotatable bonds is 3. The third-order valence-corrected chi connectivity index (χ3v) is 3.05. The zero-order valence-corrected chi connectivity index (χ0v) is 10.1. The second-order valence-electron chi connectivity index (χ2n) is 4.45. The lowest BCUT2D eigenvalue weighted by Gasteiger charge is -2.26. The van der Waals surface area contributed by atoms with E-state index < -0.39 is 24.3 Å². The quantitative estimate of drug-likeness (QED) is 0.799. The first-order valence-electron chi connectivity index (χ1n) is 5.74. The summed E-state index contributed by atoms with van der Waals surface area (Å²) in [7, 11) is 0. The summed E-state index contributed by atoms with van der Waals surface area (Å²) < 4.78 is 55.6. The molecule has 4 nitrogen and oxygen atoms in total. The van der Waals surface area contributed by atoms with E-state index in [4.69, 9.17) is 4.52 Å². The minimum absolute atomic E-state index is 0.00551. The Morgan fingerprint density at radius 3 is 2.79 bits per heavy atom. The van der Waals surface area contributed by atoms with Gasteiger partial charge in [0.15, 0.2) is 5.76 Å². The van der Waals surface area contributed by atoms with Gasteiger partial charge in [-0.25, -0.2) is 8.78 Å². The van der Waals surface area contributed by atoms with Crippen LogP contribution >= 0.6 is 0 Å². The highest BCUT2D eigenvalue weighted by molar-refractivity contribution is 5.84. The van der Waals surface area contributed by atoms with Crippen molar-refractivity contribution in [2.75, 3.05) is 6.54 Å². The van der Waals surface area contributed by atoms with Gasteiger partial charge >= 0.3 is 12.3 Å². The van der Waals surface area contributed by atoms with Crippen molar-refractivity contribution < 1.29 is 26.9 Å². The Morgan fingerprint density at radius 2 is 2.26 bits per heavy atom. The van der Waals surface area contributed by atoms with Crippen LogP contribution in [-0.4, -0.2) is 34.9 Å². The maximum Gasteiger partial charge on any atom is 0.383 e. The van der Waals surface area contributed by atoms with Gasteiger partial charge in [-0.3, -0.25) is 4.79 Å². The number of aryl methyl sites for hydroxylation is 1. The molecule has 1 aliphatic heterocycles. The van der Waals surface area contributed by atoms with Gasteiger partial charge in [-0.15, -0.1) is 0 Å². The molecule has 1 aliphatic rings. The van der Waals surface area contributed by atoms with Gasteiger partial charge in [0.25, 0.3) is 5.91 Å². The molecule has 0 saturated carbocycles. The average molecular weight is 280 g/mol. The molecule has 1 fully saturated rings. The largest absolute Gasteiger partial charge is 0.383 e. The molecular weight excluding hydrogens is 268 g/mol. The molecule has 1 saturated heterocycles. The predicted molar refractivity (Wildman–Crippen MR) is 55.9 cm³/mol. The van der Waals surface area contributed by atoms with Gasteiger partial charge in [0.2, 0.25) is 0 Å². The van der Waals surface area contributed by atoms with Crippen LogP contribution in [0.2, 0.25) is 0 Å². The van der Waals surface area contributed by atoms with Crippen LogP contribution in [0.4, 0.5) is 17.6 Å². The van der Waals surface area contributed by atoms with Crippen molar-refractivity contribution in [3.63, 3.8) is 0 Å². The highest BCUT2D eigenvalue weighted by atomic mass is 19.3. The second kappa shape index (κ2) is 4.82. The molecule has 0 N–H and O–H groups in total. The Kier molecular flexibility index (Phi) is 3.51. The van der Waals surface area contributed by atoms with E-state index in [-0.39, 0.29) is 12.3 Å². The van der Waals surface area contributed by atoms with Crippen molar-refractivity contribution in [3.05, 3.63) is 17.5 Å². The van der Waals surface area contributed by atoms with E-state index in [2.05, 4.69) is 5.16 Å². The number of nitrogens with zero attached hydrogens (tertiary/aromatic N) is 2. The van der Waals surface area contributed by atoms with Gasteiger partial charge < -0.3 is 9.42 Å². The Balaban J connectivity index is 2.22. The summed E-state index contributed by atoms with van der Waals surface area (Å²) in [5, 5.41) is 3.60. The normalized spacial score (nSPS) is 20.3. The summed E-state index contributed by atoms with van der Waals surface area (Å²) in [6, 6.07) is 0.759. The lowest BCUT2D eigenvalue weighted by atomic mass is 10.1. The van der Waals surface area contributed by atoms with Gasteiger partial charge in [0, 0.05) is 12.6 Å². The molecule has 1 atom stereocenters. The molecule has 1 unspecified atom stereocenters. The summed E-state index contributed by atoms with van der Waals surface area (Å²) in [5.41, 5.74) is 0.537. The van der Waals surface area contributed by atoms with Crippen LogP contribution in [0.3, 0.4) is 0 Å². The van der Waals surface area contributed by atoms with Crippen molar-refractivity contribution in [2.24, 2.45) is 0 Å². The molecule has 2 heterocycles. The van der Waals surface area contributed by atoms with Gasteiger partial charge in [0.1, 0.15) is 0 Å². The Morgan fingerprint density at radius 1 is 1.58 bits per heavy atom. The Labute approximate surface area is 106 Å². The zero-order chi connectivity index (χ0) is 14.2. The van der Waals surface area contributed by atoms with Gasteiger partial charge in [-0.05, 0) is 19.8 Å². The minimum Gasteiger partial charge on any atom is -0.359 e. The van der Waals surface area contributed by atoms with Crippen molar-refractivity contribution in [1.29, 1.82) is 0 Å². The van der Waals surface area contributed by atoms with E-state index in [0.717, 1.165) is 4.90 Å². The van der Waals surface area contributed by atoms with Crippen molar-refractivity contribution >= 4 is 5.91 Å². The fraction of sp³-hybridized carbons (Fsp3) is 0.636. The van der Waals surface area contributed by atoms with Crippen LogP contribution in [0.25, 0.3) is 0 Å². The van der Waals surface area contributed by atoms with E-state index in [9.17, 15) is 22.4 Å². The number of likely N-dealkylation sites (tertiary alicyclic amines) is 1. The third kappa shape index (κ3) is 2.43. The summed E-state index contributed by atoms with van der Waals surface area (Å²) in [5.74, 6) is -6.29. The van der Waals surface area contributed by atoms with Gasteiger partial charge in [-0.2, -0.15) is 8.78 Å². The van der Waals surface area contributed by atoms with Crippen LogP contribution in [0.5, 0.6) is 0 Å². The Hall–Kier alpha value is -1.60. The fourth-order valence-corrected chi connectivity index (χ4v) is 2.13. The molecule has 0 aliphatic carbocycles. The van der Waals surface area contributed by atoms with Crippen LogP contribution in [-0.2, 0) is 4.79 Å². The van der Waals surface area contributed by atoms with Crippen molar-refractivity contribution in [3.8, 4) is 0 Å². The minimum atomic E-state index is -4.67. The van der Waals surface area contributed by atoms with E-state index in [1.54, 1.807) is 6.92 Å². The molecule has 1 amide bonds. The summed E-state index contributed by atoms with van der Waals surface area (Å²) in [4.78, 5) is 12.3. The standard InChI is InChI=1S/C11H12F4N2O2/c1-6-5-8(19-16-6)7-3-2-4-17(7)10(18)11(14,15)9(12)13/h5,7,9H,2-4H2,1H3. The lowest BCUT2D eigenvalue weighted by Crippen LogP contribution is -2.47. The Bertz CT molecular complexity index is 475. The maximum atomic E-state index is 13.1. The van der Waals surface area contributed by atoms with E-state index in [0.29, 0.717) is 18.5 Å². The third-order valence-electron chi connectivity index (χ3n) is 3.05. The molecule has 1 aromatic heterocycles. The molecule has 1 aromatic rings. The highest BCUT2D eigenvalue weighted by Gasteiger charge is 2.53. The number of carbonyl (C=O) groups is 1. The van der Waals surface area contributed by atoms with E-state index >= 15 is 0 Å². The maximum absolute atomic E-state index is 13.1. The van der Waals surface area contributed by atoms with Crippen molar-refractivity contribution in [1.82, 2.24) is 10.1 Å². The number of alkyl halides is 4. The van der Waals surface area contributed by atoms with Gasteiger partial charge in [-0.1, -0.05) is 5.16 Å². The first-order valence-corrected chi connectivity index (χ1v) is 5.74. The first-order chi connectivity index (χ1) is 8.84. The molecular formula is C11H12F4N2O2.